The standard InChI is InChI=1S/C4H12N4/c5-4(6)2-1-3-8(4)7/h1-3,5-7H2. The van der Waals surface area contributed by atoms with Crippen LogP contribution in [0.15, 0.2) is 0 Å². The predicted octanol–water partition coefficient (Wildman–Crippen LogP) is -1.47. The molecule has 0 aromatic heterocycles. The molecule has 0 spiro atoms. The van der Waals surface area contributed by atoms with Gasteiger partial charge in [0, 0.05) is 6.54 Å². The summed E-state index contributed by atoms with van der Waals surface area (Å²) >= 11 is 0. The summed E-state index contributed by atoms with van der Waals surface area (Å²) in [7, 11) is 0. The van der Waals surface area contributed by atoms with Gasteiger partial charge in [-0.3, -0.25) is 17.3 Å². The van der Waals surface area contributed by atoms with E-state index in [1.807, 2.05) is 0 Å². The monoisotopic (exact) mass is 116 g/mol. The quantitative estimate of drug-likeness (QED) is 0.266. The number of nitrogens with zero attached hydrogens (tertiary/aromatic N) is 1. The number of nitrogens with two attached hydrogens (primary N) is 3. The molecule has 0 bridgehead atoms. The summed E-state index contributed by atoms with van der Waals surface area (Å²) in [5.41, 5.74) is 11.0. The Hall–Kier alpha value is -0.160. The van der Waals surface area contributed by atoms with Crippen LogP contribution < -0.4 is 17.3 Å². The minimum Gasteiger partial charge on any atom is -0.300 e. The second kappa shape index (κ2) is 1.66. The Kier molecular flexibility index (Phi) is 1.24. The lowest BCUT2D eigenvalue weighted by Gasteiger charge is -2.25. The van der Waals surface area contributed by atoms with Gasteiger partial charge in [-0.2, -0.15) is 0 Å². The molecule has 0 atom stereocenters. The van der Waals surface area contributed by atoms with Gasteiger partial charge in [0.05, 0.1) is 0 Å². The molecule has 1 rings (SSSR count). The van der Waals surface area contributed by atoms with Gasteiger partial charge < -0.3 is 0 Å². The highest BCUT2D eigenvalue weighted by Crippen LogP contribution is 2.13. The highest BCUT2D eigenvalue weighted by molar-refractivity contribution is 4.80. The Morgan fingerprint density at radius 1 is 1.38 bits per heavy atom. The van der Waals surface area contributed by atoms with E-state index < -0.39 is 5.79 Å². The molecule has 0 saturated carbocycles. The van der Waals surface area contributed by atoms with E-state index >= 15 is 0 Å². The number of rotatable bonds is 0. The van der Waals surface area contributed by atoms with E-state index in [1.165, 1.54) is 5.01 Å². The highest BCUT2D eigenvalue weighted by Gasteiger charge is 2.30. The Bertz CT molecular complexity index is 90.0. The van der Waals surface area contributed by atoms with Gasteiger partial charge in [-0.15, -0.1) is 0 Å². The molecular weight excluding hydrogens is 104 g/mol. The Morgan fingerprint density at radius 2 is 2.00 bits per heavy atom. The lowest BCUT2D eigenvalue weighted by molar-refractivity contribution is 0.153. The van der Waals surface area contributed by atoms with Crippen LogP contribution in [-0.2, 0) is 0 Å². The highest BCUT2D eigenvalue weighted by atomic mass is 15.5. The summed E-state index contributed by atoms with van der Waals surface area (Å²) in [5.74, 6) is 4.66. The van der Waals surface area contributed by atoms with Gasteiger partial charge in [-0.1, -0.05) is 0 Å². The lowest BCUT2D eigenvalue weighted by Crippen LogP contribution is -2.61. The van der Waals surface area contributed by atoms with E-state index in [2.05, 4.69) is 0 Å². The fraction of sp³-hybridized carbons (Fsp3) is 1.00. The molecule has 0 unspecified atom stereocenters. The average molecular weight is 116 g/mol. The molecule has 1 heterocycles. The maximum atomic E-state index is 5.50. The molecule has 4 heteroatoms. The minimum atomic E-state index is -0.736. The van der Waals surface area contributed by atoms with E-state index in [4.69, 9.17) is 17.3 Å². The number of hydrazine groups is 1. The molecule has 1 saturated heterocycles. The Morgan fingerprint density at radius 3 is 2.12 bits per heavy atom. The van der Waals surface area contributed by atoms with Crippen molar-refractivity contribution in [3.8, 4) is 0 Å². The van der Waals surface area contributed by atoms with Crippen LogP contribution in [0.3, 0.4) is 0 Å². The number of hydrogen-bond donors (Lipinski definition) is 3. The second-order valence-electron chi connectivity index (χ2n) is 2.29. The summed E-state index contributed by atoms with van der Waals surface area (Å²) in [4.78, 5) is 0. The zero-order chi connectivity index (χ0) is 6.20. The summed E-state index contributed by atoms with van der Waals surface area (Å²) in [6.07, 6.45) is 1.80. The third kappa shape index (κ3) is 0.830. The van der Waals surface area contributed by atoms with E-state index in [0.29, 0.717) is 0 Å². The molecule has 0 amide bonds. The SMILES string of the molecule is NN1CCCC1(N)N. The molecule has 1 aliphatic heterocycles. The first-order valence-electron chi connectivity index (χ1n) is 2.73. The fourth-order valence-electron chi connectivity index (χ4n) is 0.884. The van der Waals surface area contributed by atoms with Crippen molar-refractivity contribution in [1.29, 1.82) is 0 Å². The summed E-state index contributed by atoms with van der Waals surface area (Å²) < 4.78 is 0. The van der Waals surface area contributed by atoms with Crippen molar-refractivity contribution in [3.63, 3.8) is 0 Å². The lowest BCUT2D eigenvalue weighted by atomic mass is 10.3. The van der Waals surface area contributed by atoms with Crippen LogP contribution in [0.4, 0.5) is 0 Å². The topological polar surface area (TPSA) is 81.3 Å². The van der Waals surface area contributed by atoms with E-state index in [9.17, 15) is 0 Å². The van der Waals surface area contributed by atoms with Crippen LogP contribution in [0, 0.1) is 0 Å². The molecule has 0 radical (unpaired) electrons. The predicted molar refractivity (Wildman–Crippen MR) is 31.2 cm³/mol. The summed E-state index contributed by atoms with van der Waals surface area (Å²) in [6, 6.07) is 0. The van der Waals surface area contributed by atoms with Crippen LogP contribution in [0.25, 0.3) is 0 Å². The van der Waals surface area contributed by atoms with Crippen molar-refractivity contribution in [2.75, 3.05) is 6.54 Å². The first kappa shape index (κ1) is 5.97. The van der Waals surface area contributed by atoms with Gasteiger partial charge in [0.15, 0.2) is 0 Å². The van der Waals surface area contributed by atoms with Gasteiger partial charge in [0.25, 0.3) is 0 Å². The zero-order valence-electron chi connectivity index (χ0n) is 4.80. The smallest absolute Gasteiger partial charge is 0.133 e. The van der Waals surface area contributed by atoms with Crippen molar-refractivity contribution < 1.29 is 0 Å². The van der Waals surface area contributed by atoms with Crippen molar-refractivity contribution in [1.82, 2.24) is 5.01 Å². The molecule has 0 aromatic carbocycles. The third-order valence-electron chi connectivity index (χ3n) is 1.51. The van der Waals surface area contributed by atoms with Crippen molar-refractivity contribution >= 4 is 0 Å². The third-order valence-corrected chi connectivity index (χ3v) is 1.51. The van der Waals surface area contributed by atoms with Crippen LogP contribution in [-0.4, -0.2) is 17.3 Å². The van der Waals surface area contributed by atoms with Gasteiger partial charge >= 0.3 is 0 Å². The van der Waals surface area contributed by atoms with Crippen molar-refractivity contribution in [2.24, 2.45) is 17.3 Å². The molecule has 6 N–H and O–H groups in total. The average Bonchev–Trinajstić information content (AvgIpc) is 1.86. The van der Waals surface area contributed by atoms with E-state index in [1.54, 1.807) is 0 Å². The van der Waals surface area contributed by atoms with Gasteiger partial charge in [0.1, 0.15) is 5.79 Å². The normalized spacial score (nSPS) is 28.9. The first-order valence-corrected chi connectivity index (χ1v) is 2.73. The zero-order valence-corrected chi connectivity index (χ0v) is 4.80. The van der Waals surface area contributed by atoms with Crippen LogP contribution in [0.1, 0.15) is 12.8 Å². The molecular formula is C4H12N4. The largest absolute Gasteiger partial charge is 0.300 e. The van der Waals surface area contributed by atoms with Gasteiger partial charge in [0.2, 0.25) is 0 Å². The first-order chi connectivity index (χ1) is 3.63. The van der Waals surface area contributed by atoms with E-state index in [-0.39, 0.29) is 0 Å². The van der Waals surface area contributed by atoms with Crippen LogP contribution in [0.2, 0.25) is 0 Å². The molecule has 1 fully saturated rings. The molecule has 8 heavy (non-hydrogen) atoms. The molecule has 0 aliphatic carbocycles. The minimum absolute atomic E-state index is 0.736. The maximum Gasteiger partial charge on any atom is 0.133 e. The molecule has 0 aromatic rings. The van der Waals surface area contributed by atoms with E-state index in [0.717, 1.165) is 19.4 Å². The Labute approximate surface area is 48.6 Å². The second-order valence-corrected chi connectivity index (χ2v) is 2.29. The molecule has 4 nitrogen and oxygen atoms in total. The summed E-state index contributed by atoms with van der Waals surface area (Å²) in [6.45, 7) is 0.812. The van der Waals surface area contributed by atoms with Crippen LogP contribution in [0.5, 0.6) is 0 Å². The Balaban J connectivity index is 2.54. The van der Waals surface area contributed by atoms with Crippen molar-refractivity contribution in [3.05, 3.63) is 0 Å². The van der Waals surface area contributed by atoms with Crippen molar-refractivity contribution in [2.45, 2.75) is 18.6 Å². The van der Waals surface area contributed by atoms with Gasteiger partial charge in [-0.05, 0) is 12.8 Å². The number of hydrogen-bond acceptors (Lipinski definition) is 4. The molecule has 1 aliphatic rings. The maximum absolute atomic E-state index is 5.50. The van der Waals surface area contributed by atoms with Gasteiger partial charge in [-0.25, -0.2) is 5.01 Å². The summed E-state index contributed by atoms with van der Waals surface area (Å²) in [5, 5.41) is 1.48. The fourth-order valence-corrected chi connectivity index (χ4v) is 0.884. The molecule has 48 valence electrons. The van der Waals surface area contributed by atoms with Crippen LogP contribution >= 0.6 is 0 Å².